The van der Waals surface area contributed by atoms with E-state index in [1.165, 1.54) is 12.1 Å². The molecule has 3 aliphatic rings. The van der Waals surface area contributed by atoms with Crippen LogP contribution < -0.4 is 14.4 Å². The van der Waals surface area contributed by atoms with Crippen molar-refractivity contribution in [1.29, 1.82) is 0 Å². The summed E-state index contributed by atoms with van der Waals surface area (Å²) in [5.41, 5.74) is 6.49. The van der Waals surface area contributed by atoms with E-state index in [9.17, 15) is 5.11 Å². The van der Waals surface area contributed by atoms with Gasteiger partial charge in [-0.2, -0.15) is 0 Å². The lowest BCUT2D eigenvalue weighted by atomic mass is 9.86. The minimum Gasteiger partial charge on any atom is -0.508 e. The number of allylic oxidation sites excluding steroid dienone is 1. The van der Waals surface area contributed by atoms with Crippen LogP contribution in [0.15, 0.2) is 66.7 Å². The molecule has 40 heavy (non-hydrogen) atoms. The van der Waals surface area contributed by atoms with E-state index < -0.39 is 0 Å². The van der Waals surface area contributed by atoms with Crippen molar-refractivity contribution < 1.29 is 19.3 Å². The number of aromatic hydroxyl groups is 1. The summed E-state index contributed by atoms with van der Waals surface area (Å²) in [6, 6.07) is 22.6. The molecule has 2 fully saturated rings. The zero-order chi connectivity index (χ0) is 27.6. The van der Waals surface area contributed by atoms with Crippen molar-refractivity contribution in [3.05, 3.63) is 83.4 Å². The normalized spacial score (nSPS) is 22.1. The highest BCUT2D eigenvalue weighted by Gasteiger charge is 2.30. The van der Waals surface area contributed by atoms with Crippen molar-refractivity contribution >= 4 is 16.8 Å². The molecule has 3 aliphatic heterocycles. The summed E-state index contributed by atoms with van der Waals surface area (Å²) >= 11 is 0. The Morgan fingerprint density at radius 3 is 2.52 bits per heavy atom. The molecule has 0 saturated carbocycles. The molecule has 3 atom stereocenters. The SMILES string of the molecule is CC1=C(c2cccc(O)c2)C(c2ccc(OCC(C)N3CCC(C)C3)cc2)Oc2ccc(N3CCOCC3)cc21. The fraction of sp³-hybridized carbons (Fsp3) is 0.412. The third-order valence-corrected chi connectivity index (χ3v) is 8.56. The number of phenolic OH excluding ortho intramolecular Hbond substituents is 1. The lowest BCUT2D eigenvalue weighted by Crippen LogP contribution is -2.36. The quantitative estimate of drug-likeness (QED) is 0.374. The van der Waals surface area contributed by atoms with Gasteiger partial charge in [-0.25, -0.2) is 0 Å². The molecule has 3 aromatic carbocycles. The summed E-state index contributed by atoms with van der Waals surface area (Å²) in [5.74, 6) is 2.76. The zero-order valence-corrected chi connectivity index (χ0v) is 23.8. The van der Waals surface area contributed by atoms with Crippen LogP contribution in [0.4, 0.5) is 5.69 Å². The topological polar surface area (TPSA) is 54.4 Å². The van der Waals surface area contributed by atoms with Crippen molar-refractivity contribution in [2.24, 2.45) is 5.92 Å². The van der Waals surface area contributed by atoms with E-state index in [4.69, 9.17) is 14.2 Å². The van der Waals surface area contributed by atoms with Crippen molar-refractivity contribution in [3.63, 3.8) is 0 Å². The highest BCUT2D eigenvalue weighted by atomic mass is 16.5. The summed E-state index contributed by atoms with van der Waals surface area (Å²) in [7, 11) is 0. The van der Waals surface area contributed by atoms with Gasteiger partial charge in [0.15, 0.2) is 0 Å². The number of benzene rings is 3. The number of anilines is 1. The molecule has 0 bridgehead atoms. The molecule has 6 rings (SSSR count). The number of nitrogens with zero attached hydrogens (tertiary/aromatic N) is 2. The lowest BCUT2D eigenvalue weighted by molar-refractivity contribution is 0.122. The first-order chi connectivity index (χ1) is 19.5. The maximum Gasteiger partial charge on any atom is 0.150 e. The number of likely N-dealkylation sites (tertiary alicyclic amines) is 1. The molecule has 0 amide bonds. The van der Waals surface area contributed by atoms with Crippen LogP contribution in [-0.4, -0.2) is 62.0 Å². The predicted molar refractivity (Wildman–Crippen MR) is 160 cm³/mol. The van der Waals surface area contributed by atoms with Gasteiger partial charge < -0.3 is 24.2 Å². The van der Waals surface area contributed by atoms with E-state index in [0.717, 1.165) is 84.6 Å². The number of ether oxygens (including phenoxy) is 3. The summed E-state index contributed by atoms with van der Waals surface area (Å²) in [6.45, 7) is 13.0. The van der Waals surface area contributed by atoms with Crippen LogP contribution in [0, 0.1) is 5.92 Å². The largest absolute Gasteiger partial charge is 0.508 e. The van der Waals surface area contributed by atoms with Crippen LogP contribution in [-0.2, 0) is 4.74 Å². The number of rotatable bonds is 7. The molecule has 0 radical (unpaired) electrons. The smallest absolute Gasteiger partial charge is 0.150 e. The van der Waals surface area contributed by atoms with E-state index in [-0.39, 0.29) is 11.9 Å². The van der Waals surface area contributed by atoms with Gasteiger partial charge in [0.25, 0.3) is 0 Å². The van der Waals surface area contributed by atoms with Crippen LogP contribution in [0.3, 0.4) is 0 Å². The second-order valence-electron chi connectivity index (χ2n) is 11.5. The third-order valence-electron chi connectivity index (χ3n) is 8.56. The van der Waals surface area contributed by atoms with Gasteiger partial charge >= 0.3 is 0 Å². The summed E-state index contributed by atoms with van der Waals surface area (Å²) in [4.78, 5) is 4.88. The van der Waals surface area contributed by atoms with Crippen molar-refractivity contribution in [3.8, 4) is 17.2 Å². The molecular weight excluding hydrogens is 500 g/mol. The minimum atomic E-state index is -0.303. The maximum atomic E-state index is 10.3. The Kier molecular flexibility index (Phi) is 7.72. The van der Waals surface area contributed by atoms with Crippen molar-refractivity contribution in [2.75, 3.05) is 50.9 Å². The Labute approximate surface area is 237 Å². The Morgan fingerprint density at radius 2 is 1.80 bits per heavy atom. The molecule has 6 nitrogen and oxygen atoms in total. The van der Waals surface area contributed by atoms with E-state index in [0.29, 0.717) is 12.6 Å². The molecule has 0 spiro atoms. The van der Waals surface area contributed by atoms with E-state index in [1.54, 1.807) is 6.07 Å². The van der Waals surface area contributed by atoms with E-state index in [2.05, 4.69) is 60.9 Å². The highest BCUT2D eigenvalue weighted by molar-refractivity contribution is 5.96. The monoisotopic (exact) mass is 540 g/mol. The first-order valence-corrected chi connectivity index (χ1v) is 14.6. The Balaban J connectivity index is 1.27. The lowest BCUT2D eigenvalue weighted by Gasteiger charge is -2.33. The minimum absolute atomic E-state index is 0.245. The predicted octanol–water partition coefficient (Wildman–Crippen LogP) is 6.40. The first-order valence-electron chi connectivity index (χ1n) is 14.6. The van der Waals surface area contributed by atoms with Gasteiger partial charge in [-0.15, -0.1) is 0 Å². The molecule has 0 aliphatic carbocycles. The average molecular weight is 541 g/mol. The molecule has 3 unspecified atom stereocenters. The molecule has 0 aromatic heterocycles. The van der Waals surface area contributed by atoms with Crippen molar-refractivity contribution in [1.82, 2.24) is 4.90 Å². The third kappa shape index (κ3) is 5.56. The summed E-state index contributed by atoms with van der Waals surface area (Å²) in [5, 5.41) is 10.3. The molecule has 2 saturated heterocycles. The van der Waals surface area contributed by atoms with Gasteiger partial charge in [-0.05, 0) is 91.9 Å². The summed E-state index contributed by atoms with van der Waals surface area (Å²) in [6.07, 6.45) is 0.967. The fourth-order valence-corrected chi connectivity index (χ4v) is 6.17. The van der Waals surface area contributed by atoms with Gasteiger partial charge in [0.1, 0.15) is 30.0 Å². The molecular formula is C34H40N2O4. The Hall–Kier alpha value is -3.48. The molecule has 6 heteroatoms. The fourth-order valence-electron chi connectivity index (χ4n) is 6.17. The Bertz CT molecular complexity index is 1360. The number of hydrogen-bond acceptors (Lipinski definition) is 6. The van der Waals surface area contributed by atoms with E-state index >= 15 is 0 Å². The molecule has 1 N–H and O–H groups in total. The van der Waals surface area contributed by atoms with Gasteiger partial charge in [-0.1, -0.05) is 31.2 Å². The Morgan fingerprint density at radius 1 is 1.00 bits per heavy atom. The maximum absolute atomic E-state index is 10.3. The van der Waals surface area contributed by atoms with Crippen LogP contribution in [0.2, 0.25) is 0 Å². The standard InChI is InChI=1S/C34H40N2O4/c1-23-13-14-36(21-23)24(2)22-39-30-10-7-26(8-11-30)34-33(27-5-4-6-29(37)19-27)25(3)31-20-28(9-12-32(31)40-34)35-15-17-38-18-16-35/h4-12,19-20,23-24,34,37H,13-18,21-22H2,1-3H3. The molecule has 3 heterocycles. The number of hydrogen-bond donors (Lipinski definition) is 1. The van der Waals surface area contributed by atoms with Gasteiger partial charge in [0, 0.05) is 42.5 Å². The zero-order valence-electron chi connectivity index (χ0n) is 23.8. The van der Waals surface area contributed by atoms with E-state index in [1.807, 2.05) is 30.3 Å². The van der Waals surface area contributed by atoms with Crippen LogP contribution in [0.1, 0.15) is 50.0 Å². The van der Waals surface area contributed by atoms with Crippen molar-refractivity contribution in [2.45, 2.75) is 39.3 Å². The van der Waals surface area contributed by atoms with Gasteiger partial charge in [0.05, 0.1) is 13.2 Å². The molecule has 3 aromatic rings. The van der Waals surface area contributed by atoms with Crippen LogP contribution in [0.25, 0.3) is 11.1 Å². The van der Waals surface area contributed by atoms with Crippen LogP contribution >= 0.6 is 0 Å². The molecule has 210 valence electrons. The number of phenols is 1. The van der Waals surface area contributed by atoms with Gasteiger partial charge in [-0.3, -0.25) is 4.90 Å². The number of fused-ring (bicyclic) bond motifs is 1. The average Bonchev–Trinajstić information content (AvgIpc) is 3.42. The summed E-state index contributed by atoms with van der Waals surface area (Å²) < 4.78 is 18.5. The highest BCUT2D eigenvalue weighted by Crippen LogP contribution is 2.48. The second kappa shape index (κ2) is 11.6. The first kappa shape index (κ1) is 26.7. The second-order valence-corrected chi connectivity index (χ2v) is 11.5. The number of morpholine rings is 1. The van der Waals surface area contributed by atoms with Gasteiger partial charge in [0.2, 0.25) is 0 Å². The van der Waals surface area contributed by atoms with Crippen LogP contribution in [0.5, 0.6) is 17.2 Å².